The highest BCUT2D eigenvalue weighted by molar-refractivity contribution is 5.97. The molecule has 0 spiro atoms. The second-order valence-electron chi connectivity index (χ2n) is 4.34. The van der Waals surface area contributed by atoms with E-state index >= 15 is 0 Å². The highest BCUT2D eigenvalue weighted by atomic mass is 16.1. The molecule has 0 radical (unpaired) electrons. The van der Waals surface area contributed by atoms with Crippen molar-refractivity contribution in [3.8, 4) is 0 Å². The van der Waals surface area contributed by atoms with Crippen LogP contribution in [-0.4, -0.2) is 25.8 Å². The molecular formula is C13H13N5O. The lowest BCUT2D eigenvalue weighted by Gasteiger charge is -2.11. The molecule has 1 unspecified atom stereocenters. The minimum absolute atomic E-state index is 0.118. The van der Waals surface area contributed by atoms with Gasteiger partial charge in [0.25, 0.3) is 5.91 Å². The second kappa shape index (κ2) is 4.56. The molecule has 1 aromatic carbocycles. The van der Waals surface area contributed by atoms with Crippen molar-refractivity contribution in [3.63, 3.8) is 0 Å². The van der Waals surface area contributed by atoms with E-state index in [1.54, 1.807) is 31.0 Å². The zero-order valence-corrected chi connectivity index (χ0v) is 10.3. The van der Waals surface area contributed by atoms with Crippen LogP contribution in [0.4, 0.5) is 0 Å². The van der Waals surface area contributed by atoms with Crippen LogP contribution in [0, 0.1) is 0 Å². The maximum Gasteiger partial charge on any atom is 0.251 e. The minimum Gasteiger partial charge on any atom is -0.347 e. The van der Waals surface area contributed by atoms with Crippen LogP contribution in [-0.2, 0) is 0 Å². The van der Waals surface area contributed by atoms with Crippen molar-refractivity contribution in [1.29, 1.82) is 0 Å². The van der Waals surface area contributed by atoms with Gasteiger partial charge in [0.2, 0.25) is 0 Å². The van der Waals surface area contributed by atoms with Crippen LogP contribution in [0.15, 0.2) is 37.1 Å². The Hall–Kier alpha value is -2.63. The van der Waals surface area contributed by atoms with E-state index in [4.69, 9.17) is 0 Å². The summed E-state index contributed by atoms with van der Waals surface area (Å²) >= 11 is 0. The molecule has 0 saturated heterocycles. The molecule has 1 atom stereocenters. The SMILES string of the molecule is CC(NC(=O)c1ccc2nc[nH]c2c1)c1cnc[nH]1. The number of benzene rings is 1. The van der Waals surface area contributed by atoms with Crippen molar-refractivity contribution in [2.45, 2.75) is 13.0 Å². The molecule has 0 aliphatic rings. The maximum absolute atomic E-state index is 12.1. The van der Waals surface area contributed by atoms with Crippen LogP contribution in [0.5, 0.6) is 0 Å². The van der Waals surface area contributed by atoms with Gasteiger partial charge in [-0.25, -0.2) is 9.97 Å². The van der Waals surface area contributed by atoms with Crippen LogP contribution >= 0.6 is 0 Å². The van der Waals surface area contributed by atoms with Gasteiger partial charge in [-0.3, -0.25) is 4.79 Å². The Morgan fingerprint density at radius 3 is 3.00 bits per heavy atom. The summed E-state index contributed by atoms with van der Waals surface area (Å²) in [7, 11) is 0. The molecule has 3 N–H and O–H groups in total. The first-order valence-corrected chi connectivity index (χ1v) is 5.96. The summed E-state index contributed by atoms with van der Waals surface area (Å²) in [5, 5.41) is 2.91. The first kappa shape index (κ1) is 11.5. The first-order chi connectivity index (χ1) is 9.24. The average Bonchev–Trinajstić information content (AvgIpc) is 3.09. The van der Waals surface area contributed by atoms with Crippen molar-refractivity contribution >= 4 is 16.9 Å². The number of amides is 1. The predicted octanol–water partition coefficient (Wildman–Crippen LogP) is 1.78. The standard InChI is InChI=1S/C13H13N5O/c1-8(12-5-14-6-15-12)18-13(19)9-2-3-10-11(4-9)17-7-16-10/h2-8H,1H3,(H,14,15)(H,16,17)(H,18,19). The molecule has 1 amide bonds. The molecule has 19 heavy (non-hydrogen) atoms. The monoisotopic (exact) mass is 255 g/mol. The summed E-state index contributed by atoms with van der Waals surface area (Å²) < 4.78 is 0. The van der Waals surface area contributed by atoms with Gasteiger partial charge in [-0.1, -0.05) is 0 Å². The highest BCUT2D eigenvalue weighted by Crippen LogP contribution is 2.13. The summed E-state index contributed by atoms with van der Waals surface area (Å²) in [6.45, 7) is 1.90. The van der Waals surface area contributed by atoms with Gasteiger partial charge in [0, 0.05) is 5.56 Å². The fourth-order valence-electron chi connectivity index (χ4n) is 1.94. The van der Waals surface area contributed by atoms with E-state index < -0.39 is 0 Å². The normalized spacial score (nSPS) is 12.5. The van der Waals surface area contributed by atoms with Gasteiger partial charge in [-0.05, 0) is 25.1 Å². The Kier molecular flexibility index (Phi) is 2.75. The molecule has 0 saturated carbocycles. The van der Waals surface area contributed by atoms with E-state index in [2.05, 4.69) is 25.3 Å². The molecule has 0 fully saturated rings. The summed E-state index contributed by atoms with van der Waals surface area (Å²) in [6.07, 6.45) is 4.90. The average molecular weight is 255 g/mol. The third kappa shape index (κ3) is 2.20. The second-order valence-corrected chi connectivity index (χ2v) is 4.34. The van der Waals surface area contributed by atoms with E-state index in [1.165, 1.54) is 0 Å². The zero-order valence-electron chi connectivity index (χ0n) is 10.3. The van der Waals surface area contributed by atoms with Gasteiger partial charge in [0.05, 0.1) is 41.6 Å². The Balaban J connectivity index is 1.79. The van der Waals surface area contributed by atoms with Crippen molar-refractivity contribution < 1.29 is 4.79 Å². The van der Waals surface area contributed by atoms with Crippen molar-refractivity contribution in [2.24, 2.45) is 0 Å². The molecule has 96 valence electrons. The largest absolute Gasteiger partial charge is 0.347 e. The fraction of sp³-hybridized carbons (Fsp3) is 0.154. The molecule has 3 aromatic rings. The van der Waals surface area contributed by atoms with E-state index in [1.807, 2.05) is 13.0 Å². The van der Waals surface area contributed by atoms with E-state index in [9.17, 15) is 4.79 Å². The number of H-pyrrole nitrogens is 2. The molecule has 3 rings (SSSR count). The quantitative estimate of drug-likeness (QED) is 0.666. The number of aromatic amines is 2. The number of rotatable bonds is 3. The van der Waals surface area contributed by atoms with Crippen LogP contribution in [0.25, 0.3) is 11.0 Å². The predicted molar refractivity (Wildman–Crippen MR) is 70.6 cm³/mol. The number of nitrogens with zero attached hydrogens (tertiary/aromatic N) is 2. The van der Waals surface area contributed by atoms with Crippen molar-refractivity contribution in [1.82, 2.24) is 25.3 Å². The van der Waals surface area contributed by atoms with Crippen molar-refractivity contribution in [3.05, 3.63) is 48.3 Å². The third-order valence-corrected chi connectivity index (χ3v) is 3.02. The van der Waals surface area contributed by atoms with E-state index in [-0.39, 0.29) is 11.9 Å². The molecule has 6 nitrogen and oxygen atoms in total. The lowest BCUT2D eigenvalue weighted by Crippen LogP contribution is -2.26. The highest BCUT2D eigenvalue weighted by Gasteiger charge is 2.12. The maximum atomic E-state index is 12.1. The summed E-state index contributed by atoms with van der Waals surface area (Å²) in [5.41, 5.74) is 3.17. The van der Waals surface area contributed by atoms with E-state index in [0.29, 0.717) is 5.56 Å². The Bertz CT molecular complexity index is 701. The zero-order chi connectivity index (χ0) is 13.2. The summed E-state index contributed by atoms with van der Waals surface area (Å²) in [5.74, 6) is -0.126. The molecule has 2 heterocycles. The number of carbonyl (C=O) groups excluding carboxylic acids is 1. The fourth-order valence-corrected chi connectivity index (χ4v) is 1.94. The van der Waals surface area contributed by atoms with Gasteiger partial charge in [-0.2, -0.15) is 0 Å². The summed E-state index contributed by atoms with van der Waals surface area (Å²) in [6, 6.07) is 5.25. The Morgan fingerprint density at radius 1 is 1.32 bits per heavy atom. The number of fused-ring (bicyclic) bond motifs is 1. The molecule has 0 aliphatic carbocycles. The summed E-state index contributed by atoms with van der Waals surface area (Å²) in [4.78, 5) is 26.2. The Labute approximate surface area is 109 Å². The number of carbonyl (C=O) groups is 1. The van der Waals surface area contributed by atoms with Crippen LogP contribution in [0.1, 0.15) is 29.0 Å². The minimum atomic E-state index is -0.126. The molecule has 0 bridgehead atoms. The molecule has 6 heteroatoms. The number of nitrogens with one attached hydrogen (secondary N) is 3. The van der Waals surface area contributed by atoms with Gasteiger partial charge in [0.1, 0.15) is 0 Å². The first-order valence-electron chi connectivity index (χ1n) is 5.96. The van der Waals surface area contributed by atoms with Crippen molar-refractivity contribution in [2.75, 3.05) is 0 Å². The van der Waals surface area contributed by atoms with Crippen LogP contribution < -0.4 is 5.32 Å². The topological polar surface area (TPSA) is 86.5 Å². The molecule has 0 aliphatic heterocycles. The molecular weight excluding hydrogens is 242 g/mol. The van der Waals surface area contributed by atoms with Gasteiger partial charge in [-0.15, -0.1) is 0 Å². The Morgan fingerprint density at radius 2 is 2.21 bits per heavy atom. The smallest absolute Gasteiger partial charge is 0.251 e. The van der Waals surface area contributed by atoms with Gasteiger partial charge < -0.3 is 15.3 Å². The van der Waals surface area contributed by atoms with Crippen LogP contribution in [0.3, 0.4) is 0 Å². The van der Waals surface area contributed by atoms with E-state index in [0.717, 1.165) is 16.7 Å². The number of hydrogen-bond acceptors (Lipinski definition) is 3. The van der Waals surface area contributed by atoms with Gasteiger partial charge >= 0.3 is 0 Å². The third-order valence-electron chi connectivity index (χ3n) is 3.02. The number of hydrogen-bond donors (Lipinski definition) is 3. The number of imidazole rings is 2. The van der Waals surface area contributed by atoms with Gasteiger partial charge in [0.15, 0.2) is 0 Å². The lowest BCUT2D eigenvalue weighted by atomic mass is 10.1. The van der Waals surface area contributed by atoms with Crippen LogP contribution in [0.2, 0.25) is 0 Å². The lowest BCUT2D eigenvalue weighted by molar-refractivity contribution is 0.0939. The molecule has 2 aromatic heterocycles. The number of aromatic nitrogens is 4.